The summed E-state index contributed by atoms with van der Waals surface area (Å²) in [5.41, 5.74) is 1.97. The first kappa shape index (κ1) is 15.8. The van der Waals surface area contributed by atoms with Gasteiger partial charge in [0, 0.05) is 22.7 Å². The first-order chi connectivity index (χ1) is 11.5. The molecule has 2 heterocycles. The molecule has 0 saturated carbocycles. The highest BCUT2D eigenvalue weighted by atomic mass is 16.5. The van der Waals surface area contributed by atoms with Crippen molar-refractivity contribution in [2.45, 2.75) is 26.9 Å². The van der Waals surface area contributed by atoms with Crippen molar-refractivity contribution in [1.82, 2.24) is 10.1 Å². The number of nitrogens with one attached hydrogen (secondary N) is 2. The molecular formula is C17H17N3O4. The summed E-state index contributed by atoms with van der Waals surface area (Å²) in [5, 5.41) is 6.97. The minimum absolute atomic E-state index is 0.281. The number of benzene rings is 1. The molecule has 1 aromatic carbocycles. The molecule has 0 radical (unpaired) electrons. The van der Waals surface area contributed by atoms with E-state index in [1.54, 1.807) is 19.9 Å². The number of rotatable bonds is 4. The van der Waals surface area contributed by atoms with Crippen LogP contribution >= 0.6 is 0 Å². The zero-order valence-electron chi connectivity index (χ0n) is 13.5. The lowest BCUT2D eigenvalue weighted by Crippen LogP contribution is -2.30. The highest BCUT2D eigenvalue weighted by Crippen LogP contribution is 2.23. The van der Waals surface area contributed by atoms with Crippen LogP contribution in [0.4, 0.5) is 5.82 Å². The van der Waals surface area contributed by atoms with Gasteiger partial charge in [0.05, 0.1) is 5.56 Å². The second-order valence-electron chi connectivity index (χ2n) is 5.53. The number of hydrogen-bond donors (Lipinski definition) is 2. The molecule has 1 atom stereocenters. The number of aromatic nitrogens is 2. The maximum atomic E-state index is 12.5. The van der Waals surface area contributed by atoms with Crippen molar-refractivity contribution in [1.29, 1.82) is 0 Å². The number of H-pyrrole nitrogens is 1. The van der Waals surface area contributed by atoms with Crippen LogP contribution in [0.5, 0.6) is 0 Å². The van der Waals surface area contributed by atoms with E-state index in [1.165, 1.54) is 6.92 Å². The Kier molecular flexibility index (Phi) is 4.07. The Labute approximate surface area is 138 Å². The third-order valence-electron chi connectivity index (χ3n) is 3.63. The normalized spacial score (nSPS) is 12.1. The lowest BCUT2D eigenvalue weighted by molar-refractivity contribution is -0.123. The fourth-order valence-corrected chi connectivity index (χ4v) is 2.47. The summed E-state index contributed by atoms with van der Waals surface area (Å²) in [5.74, 6) is -0.175. The van der Waals surface area contributed by atoms with Gasteiger partial charge < -0.3 is 19.6 Å². The number of aryl methyl sites for hydroxylation is 2. The number of esters is 1. The van der Waals surface area contributed by atoms with E-state index in [0.717, 1.165) is 10.9 Å². The van der Waals surface area contributed by atoms with Crippen LogP contribution < -0.4 is 5.32 Å². The molecule has 0 bridgehead atoms. The standard InChI is InChI=1S/C17H17N3O4/c1-9-8-14(20-24-9)19-16(21)11(3)23-17(22)15-10(2)18-13-7-5-4-6-12(13)15/h4-8,11,18H,1-3H3,(H,19,20,21)/t11-/m1/s1. The van der Waals surface area contributed by atoms with Crippen molar-refractivity contribution in [3.63, 3.8) is 0 Å². The molecule has 124 valence electrons. The maximum absolute atomic E-state index is 12.5. The Morgan fingerprint density at radius 2 is 2.04 bits per heavy atom. The fourth-order valence-electron chi connectivity index (χ4n) is 2.47. The summed E-state index contributed by atoms with van der Waals surface area (Å²) in [7, 11) is 0. The van der Waals surface area contributed by atoms with E-state index in [1.807, 2.05) is 24.3 Å². The Morgan fingerprint density at radius 1 is 1.29 bits per heavy atom. The predicted molar refractivity (Wildman–Crippen MR) is 87.8 cm³/mol. The quantitative estimate of drug-likeness (QED) is 0.718. The number of anilines is 1. The summed E-state index contributed by atoms with van der Waals surface area (Å²) in [6, 6.07) is 9.01. The van der Waals surface area contributed by atoms with Crippen LogP contribution in [0.2, 0.25) is 0 Å². The largest absolute Gasteiger partial charge is 0.449 e. The number of para-hydroxylation sites is 1. The first-order valence-electron chi connectivity index (χ1n) is 7.48. The van der Waals surface area contributed by atoms with E-state index < -0.39 is 18.0 Å². The molecule has 3 aromatic rings. The third-order valence-corrected chi connectivity index (χ3v) is 3.63. The average molecular weight is 327 g/mol. The predicted octanol–water partition coefficient (Wildman–Crippen LogP) is 2.96. The van der Waals surface area contributed by atoms with E-state index in [0.29, 0.717) is 17.0 Å². The van der Waals surface area contributed by atoms with Gasteiger partial charge in [-0.3, -0.25) is 4.79 Å². The Bertz CT molecular complexity index is 910. The van der Waals surface area contributed by atoms with Crippen LogP contribution in [0.3, 0.4) is 0 Å². The van der Waals surface area contributed by atoms with E-state index in [9.17, 15) is 9.59 Å². The topological polar surface area (TPSA) is 97.2 Å². The summed E-state index contributed by atoms with van der Waals surface area (Å²) in [6.07, 6.45) is -0.970. The smallest absolute Gasteiger partial charge is 0.341 e. The number of aromatic amines is 1. The van der Waals surface area contributed by atoms with Gasteiger partial charge in [-0.2, -0.15) is 0 Å². The van der Waals surface area contributed by atoms with Gasteiger partial charge in [0.2, 0.25) is 0 Å². The number of carbonyl (C=O) groups is 2. The van der Waals surface area contributed by atoms with Crippen molar-refractivity contribution in [3.8, 4) is 0 Å². The molecule has 0 unspecified atom stereocenters. The van der Waals surface area contributed by atoms with E-state index in [-0.39, 0.29) is 5.82 Å². The molecule has 7 heteroatoms. The van der Waals surface area contributed by atoms with E-state index >= 15 is 0 Å². The van der Waals surface area contributed by atoms with Crippen molar-refractivity contribution < 1.29 is 18.8 Å². The van der Waals surface area contributed by atoms with Crippen molar-refractivity contribution >= 4 is 28.6 Å². The van der Waals surface area contributed by atoms with Crippen molar-refractivity contribution in [2.75, 3.05) is 5.32 Å². The van der Waals surface area contributed by atoms with Gasteiger partial charge in [-0.1, -0.05) is 23.4 Å². The van der Waals surface area contributed by atoms with Gasteiger partial charge in [0.1, 0.15) is 5.76 Å². The van der Waals surface area contributed by atoms with Crippen LogP contribution in [-0.4, -0.2) is 28.1 Å². The van der Waals surface area contributed by atoms with Gasteiger partial charge in [-0.05, 0) is 26.8 Å². The van der Waals surface area contributed by atoms with Gasteiger partial charge in [-0.25, -0.2) is 4.79 Å². The zero-order chi connectivity index (χ0) is 17.3. The summed E-state index contributed by atoms with van der Waals surface area (Å²) in [6.45, 7) is 5.01. The fraction of sp³-hybridized carbons (Fsp3) is 0.235. The average Bonchev–Trinajstić information content (AvgIpc) is 3.09. The van der Waals surface area contributed by atoms with Crippen LogP contribution in [0.1, 0.15) is 28.7 Å². The summed E-state index contributed by atoms with van der Waals surface area (Å²) >= 11 is 0. The third kappa shape index (κ3) is 3.01. The zero-order valence-corrected chi connectivity index (χ0v) is 13.5. The van der Waals surface area contributed by atoms with Crippen LogP contribution in [0, 0.1) is 13.8 Å². The molecule has 0 aliphatic heterocycles. The molecule has 2 N–H and O–H groups in total. The molecule has 0 aliphatic rings. The van der Waals surface area contributed by atoms with Gasteiger partial charge >= 0.3 is 5.97 Å². The highest BCUT2D eigenvalue weighted by molar-refractivity contribution is 6.06. The highest BCUT2D eigenvalue weighted by Gasteiger charge is 2.23. The molecule has 3 rings (SSSR count). The molecule has 1 amide bonds. The van der Waals surface area contributed by atoms with Crippen LogP contribution in [0.25, 0.3) is 10.9 Å². The lowest BCUT2D eigenvalue weighted by atomic mass is 10.1. The van der Waals surface area contributed by atoms with Gasteiger partial charge in [-0.15, -0.1) is 0 Å². The molecule has 2 aromatic heterocycles. The summed E-state index contributed by atoms with van der Waals surface area (Å²) in [4.78, 5) is 27.7. The number of carbonyl (C=O) groups excluding carboxylic acids is 2. The molecular weight excluding hydrogens is 310 g/mol. The number of amides is 1. The first-order valence-corrected chi connectivity index (χ1v) is 7.48. The molecule has 0 aliphatic carbocycles. The molecule has 7 nitrogen and oxygen atoms in total. The Morgan fingerprint density at radius 3 is 2.75 bits per heavy atom. The molecule has 0 fully saturated rings. The number of fused-ring (bicyclic) bond motifs is 1. The van der Waals surface area contributed by atoms with Gasteiger partial charge in [0.25, 0.3) is 5.91 Å². The Hall–Kier alpha value is -3.09. The van der Waals surface area contributed by atoms with Gasteiger partial charge in [0.15, 0.2) is 11.9 Å². The Balaban J connectivity index is 1.73. The number of nitrogens with zero attached hydrogens (tertiary/aromatic N) is 1. The number of ether oxygens (including phenoxy) is 1. The minimum atomic E-state index is -0.970. The van der Waals surface area contributed by atoms with Crippen molar-refractivity contribution in [2.24, 2.45) is 0 Å². The minimum Gasteiger partial charge on any atom is -0.449 e. The lowest BCUT2D eigenvalue weighted by Gasteiger charge is -2.12. The second kappa shape index (κ2) is 6.19. The molecule has 24 heavy (non-hydrogen) atoms. The second-order valence-corrected chi connectivity index (χ2v) is 5.53. The SMILES string of the molecule is Cc1cc(NC(=O)[C@@H](C)OC(=O)c2c(C)[nH]c3ccccc23)no1. The summed E-state index contributed by atoms with van der Waals surface area (Å²) < 4.78 is 10.2. The van der Waals surface area contributed by atoms with Crippen LogP contribution in [0.15, 0.2) is 34.9 Å². The molecule has 0 saturated heterocycles. The molecule has 0 spiro atoms. The maximum Gasteiger partial charge on any atom is 0.341 e. The monoisotopic (exact) mass is 327 g/mol. The van der Waals surface area contributed by atoms with Crippen molar-refractivity contribution in [3.05, 3.63) is 47.3 Å². The van der Waals surface area contributed by atoms with E-state index in [4.69, 9.17) is 9.26 Å². The number of hydrogen-bond acceptors (Lipinski definition) is 5. The van der Waals surface area contributed by atoms with Crippen LogP contribution in [-0.2, 0) is 9.53 Å². The van der Waals surface area contributed by atoms with E-state index in [2.05, 4.69) is 15.5 Å².